The van der Waals surface area contributed by atoms with E-state index in [1.807, 2.05) is 0 Å². The Balaban J connectivity index is 1.35. The summed E-state index contributed by atoms with van der Waals surface area (Å²) in [4.78, 5) is 31.0. The minimum absolute atomic E-state index is 0.0434. The molecule has 2 heterocycles. The SMILES string of the molecule is CNCC(=O)OCc1ccccc1N(C)C(=O)OC(C)[n+]1cnn(C[C@](O)(c2cc(F)ccc2F)[C@H](C)c2nc(-c3ccc(C#N)cc3)cs2)c1. The number of ether oxygens (including phenoxy) is 2. The summed E-state index contributed by atoms with van der Waals surface area (Å²) in [5, 5.41) is 30.7. The van der Waals surface area contributed by atoms with Crippen LogP contribution in [-0.4, -0.2) is 52.6 Å². The molecule has 0 spiro atoms. The molecule has 0 aliphatic carbocycles. The number of anilines is 1. The third-order valence-corrected chi connectivity index (χ3v) is 9.37. The largest absolute Gasteiger partial charge is 0.460 e. The van der Waals surface area contributed by atoms with Gasteiger partial charge in [0.15, 0.2) is 0 Å². The summed E-state index contributed by atoms with van der Waals surface area (Å²) < 4.78 is 43.6. The second-order valence-electron chi connectivity index (χ2n) is 11.8. The van der Waals surface area contributed by atoms with Crippen molar-refractivity contribution in [3.63, 3.8) is 0 Å². The van der Waals surface area contributed by atoms with Crippen LogP contribution >= 0.6 is 11.3 Å². The van der Waals surface area contributed by atoms with Crippen molar-refractivity contribution in [2.45, 2.75) is 44.7 Å². The van der Waals surface area contributed by atoms with Crippen LogP contribution in [-0.2, 0) is 33.0 Å². The highest BCUT2D eigenvalue weighted by atomic mass is 32.1. The van der Waals surface area contributed by atoms with Crippen molar-refractivity contribution in [2.24, 2.45) is 0 Å². The summed E-state index contributed by atoms with van der Waals surface area (Å²) in [6.45, 7) is 2.97. The van der Waals surface area contributed by atoms with E-state index < -0.39 is 41.4 Å². The molecule has 2 N–H and O–H groups in total. The highest BCUT2D eigenvalue weighted by Crippen LogP contribution is 2.41. The molecule has 0 aliphatic rings. The second-order valence-corrected chi connectivity index (χ2v) is 12.7. The fourth-order valence-corrected chi connectivity index (χ4v) is 6.35. The third-order valence-electron chi connectivity index (χ3n) is 8.34. The Morgan fingerprint density at radius 3 is 2.63 bits per heavy atom. The highest BCUT2D eigenvalue weighted by molar-refractivity contribution is 7.10. The molecule has 0 radical (unpaired) electrons. The number of aromatic nitrogens is 4. The topological polar surface area (TPSA) is 146 Å². The van der Waals surface area contributed by atoms with E-state index in [1.54, 1.807) is 74.8 Å². The minimum atomic E-state index is -2.03. The Morgan fingerprint density at radius 2 is 1.90 bits per heavy atom. The summed E-state index contributed by atoms with van der Waals surface area (Å²) >= 11 is 1.25. The van der Waals surface area contributed by atoms with Gasteiger partial charge in [-0.15, -0.1) is 16.0 Å². The van der Waals surface area contributed by atoms with Gasteiger partial charge in [0.2, 0.25) is 12.6 Å². The predicted molar refractivity (Wildman–Crippen MR) is 183 cm³/mol. The van der Waals surface area contributed by atoms with Gasteiger partial charge in [-0.05, 0) is 43.4 Å². The monoisotopic (exact) mass is 716 g/mol. The maximum atomic E-state index is 15.3. The zero-order chi connectivity index (χ0) is 36.7. The molecule has 3 aromatic carbocycles. The zero-order valence-electron chi connectivity index (χ0n) is 28.3. The Hall–Kier alpha value is -5.56. The molecular formula is C36H36F2N7O5S+. The van der Waals surface area contributed by atoms with Crippen LogP contribution in [0.5, 0.6) is 0 Å². The number of likely N-dealkylation sites (N-methyl/N-ethyl adjacent to an activating group) is 1. The molecule has 0 saturated heterocycles. The van der Waals surface area contributed by atoms with E-state index in [2.05, 4.69) is 16.5 Å². The molecule has 2 aromatic heterocycles. The summed E-state index contributed by atoms with van der Waals surface area (Å²) in [6, 6.07) is 18.8. The van der Waals surface area contributed by atoms with Gasteiger partial charge in [-0.3, -0.25) is 9.69 Å². The number of carbonyl (C=O) groups is 2. The van der Waals surface area contributed by atoms with E-state index in [0.29, 0.717) is 27.5 Å². The van der Waals surface area contributed by atoms with Gasteiger partial charge in [0.05, 0.1) is 34.6 Å². The molecule has 5 rings (SSSR count). The Bertz CT molecular complexity index is 2050. The van der Waals surface area contributed by atoms with Crippen LogP contribution in [0.15, 0.2) is 84.8 Å². The van der Waals surface area contributed by atoms with Crippen molar-refractivity contribution in [1.29, 1.82) is 5.26 Å². The first kappa shape index (κ1) is 36.7. The van der Waals surface area contributed by atoms with Crippen LogP contribution in [0.4, 0.5) is 19.3 Å². The maximum Gasteiger partial charge on any atom is 0.416 e. The first-order chi connectivity index (χ1) is 24.4. The molecule has 15 heteroatoms. The fraction of sp³-hybridized carbons (Fsp3) is 0.278. The number of nitrogens with one attached hydrogen (secondary N) is 1. The molecule has 0 aliphatic heterocycles. The van der Waals surface area contributed by atoms with E-state index in [9.17, 15) is 19.1 Å². The van der Waals surface area contributed by atoms with E-state index in [-0.39, 0.29) is 25.3 Å². The Kier molecular flexibility index (Phi) is 11.5. The smallest absolute Gasteiger partial charge is 0.416 e. The van der Waals surface area contributed by atoms with Crippen molar-refractivity contribution in [3.8, 4) is 17.3 Å². The number of nitriles is 1. The van der Waals surface area contributed by atoms with Gasteiger partial charge in [-0.25, -0.2) is 18.6 Å². The van der Waals surface area contributed by atoms with Crippen molar-refractivity contribution in [1.82, 2.24) is 20.1 Å². The van der Waals surface area contributed by atoms with Gasteiger partial charge in [0.25, 0.3) is 6.33 Å². The molecule has 12 nitrogen and oxygen atoms in total. The predicted octanol–water partition coefficient (Wildman–Crippen LogP) is 5.19. The quantitative estimate of drug-likeness (QED) is 0.124. The first-order valence-corrected chi connectivity index (χ1v) is 16.7. The van der Waals surface area contributed by atoms with E-state index in [4.69, 9.17) is 19.7 Å². The number of para-hydroxylation sites is 1. The molecule has 51 heavy (non-hydrogen) atoms. The number of thiazole rings is 1. The zero-order valence-corrected chi connectivity index (χ0v) is 29.1. The van der Waals surface area contributed by atoms with Crippen LogP contribution in [0, 0.1) is 23.0 Å². The Morgan fingerprint density at radius 1 is 1.16 bits per heavy atom. The average Bonchev–Trinajstić information content (AvgIpc) is 3.82. The number of esters is 1. The maximum absolute atomic E-state index is 15.3. The molecule has 0 bridgehead atoms. The van der Waals surface area contributed by atoms with Crippen LogP contribution in [0.1, 0.15) is 47.7 Å². The molecule has 0 fully saturated rings. The van der Waals surface area contributed by atoms with Crippen molar-refractivity contribution in [3.05, 3.63) is 118 Å². The molecule has 1 unspecified atom stereocenters. The number of benzene rings is 3. The molecule has 3 atom stereocenters. The lowest BCUT2D eigenvalue weighted by Gasteiger charge is -2.32. The fourth-order valence-electron chi connectivity index (χ4n) is 5.38. The van der Waals surface area contributed by atoms with Crippen LogP contribution in [0.2, 0.25) is 0 Å². The number of aliphatic hydroxyl groups is 1. The number of hydrogen-bond acceptors (Lipinski definition) is 10. The standard InChI is InChI=1S/C36H36F2N7O5S/c1-23(34-42-31(19-51-34)26-11-9-25(16-39)10-12-26)36(48,29-15-28(37)13-14-30(29)38)20-45-22-44(21-41-45)24(2)50-35(47)43(4)32-8-6-5-7-27(32)18-49-33(46)17-40-3/h5-15,19,21-24,40,48H,17-18,20H2,1-4H3/q+1/t23-,24?,36-/m1/s1. The normalized spacial score (nSPS) is 13.5. The second kappa shape index (κ2) is 16.0. The van der Waals surface area contributed by atoms with Gasteiger partial charge in [0.1, 0.15) is 30.4 Å². The number of amides is 1. The summed E-state index contributed by atoms with van der Waals surface area (Å²) in [6.07, 6.45) is 1.28. The number of nitrogens with zero attached hydrogens (tertiary/aromatic N) is 6. The van der Waals surface area contributed by atoms with Crippen LogP contribution in [0.3, 0.4) is 0 Å². The number of rotatable bonds is 13. The lowest BCUT2D eigenvalue weighted by atomic mass is 9.82. The Labute approximate surface area is 297 Å². The van der Waals surface area contributed by atoms with Crippen molar-refractivity contribution >= 4 is 29.1 Å². The molecular weight excluding hydrogens is 681 g/mol. The molecule has 1 amide bonds. The summed E-state index contributed by atoms with van der Waals surface area (Å²) in [5.41, 5.74) is 0.618. The van der Waals surface area contributed by atoms with Crippen LogP contribution in [0.25, 0.3) is 11.3 Å². The van der Waals surface area contributed by atoms with Gasteiger partial charge in [-0.1, -0.05) is 37.3 Å². The first-order valence-electron chi connectivity index (χ1n) is 15.8. The van der Waals surface area contributed by atoms with Crippen LogP contribution < -0.4 is 14.8 Å². The number of hydrogen-bond donors (Lipinski definition) is 2. The minimum Gasteiger partial charge on any atom is -0.460 e. The molecule has 0 saturated carbocycles. The van der Waals surface area contributed by atoms with Crippen molar-refractivity contribution < 1.29 is 37.5 Å². The number of carbonyl (C=O) groups excluding carboxylic acids is 2. The average molecular weight is 717 g/mol. The molecule has 5 aromatic rings. The summed E-state index contributed by atoms with van der Waals surface area (Å²) in [7, 11) is 3.16. The van der Waals surface area contributed by atoms with E-state index >= 15 is 4.39 Å². The van der Waals surface area contributed by atoms with Crippen molar-refractivity contribution in [2.75, 3.05) is 25.5 Å². The lowest BCUT2D eigenvalue weighted by molar-refractivity contribution is -0.753. The van der Waals surface area contributed by atoms with Gasteiger partial charge in [-0.2, -0.15) is 9.83 Å². The van der Waals surface area contributed by atoms with Gasteiger partial charge < -0.3 is 19.9 Å². The highest BCUT2D eigenvalue weighted by Gasteiger charge is 2.43. The summed E-state index contributed by atoms with van der Waals surface area (Å²) in [5.74, 6) is -2.82. The lowest BCUT2D eigenvalue weighted by Crippen LogP contribution is -2.42. The van der Waals surface area contributed by atoms with Gasteiger partial charge >= 0.3 is 12.1 Å². The number of halogens is 2. The van der Waals surface area contributed by atoms with E-state index in [1.165, 1.54) is 45.2 Å². The molecule has 264 valence electrons. The third kappa shape index (κ3) is 8.43. The van der Waals surface area contributed by atoms with E-state index in [0.717, 1.165) is 23.8 Å². The van der Waals surface area contributed by atoms with Gasteiger partial charge in [0, 0.05) is 47.1 Å².